The van der Waals surface area contributed by atoms with Crippen molar-refractivity contribution in [2.45, 2.75) is 13.0 Å². The number of nitrogens with two attached hydrogens (primary N) is 1. The standard InChI is InChI=1S/C15H13N3O3S/c16-13(19)7-10-2-1-3-12(6-10)20-8-14-17-15(21-18-14)11-4-5-22-9-11/h1-6,9H,7-8H2,(H2,16,19). The van der Waals surface area contributed by atoms with Gasteiger partial charge in [0, 0.05) is 5.38 Å². The van der Waals surface area contributed by atoms with Crippen LogP contribution in [0.1, 0.15) is 11.4 Å². The highest BCUT2D eigenvalue weighted by Crippen LogP contribution is 2.20. The Morgan fingerprint density at radius 1 is 1.36 bits per heavy atom. The van der Waals surface area contributed by atoms with Gasteiger partial charge in [-0.2, -0.15) is 16.3 Å². The molecule has 0 spiro atoms. The molecule has 0 saturated carbocycles. The molecule has 22 heavy (non-hydrogen) atoms. The summed E-state index contributed by atoms with van der Waals surface area (Å²) in [4.78, 5) is 15.2. The highest BCUT2D eigenvalue weighted by atomic mass is 32.1. The molecular formula is C15H13N3O3S. The molecule has 0 bridgehead atoms. The molecule has 0 unspecified atom stereocenters. The van der Waals surface area contributed by atoms with E-state index in [9.17, 15) is 4.79 Å². The Morgan fingerprint density at radius 2 is 2.27 bits per heavy atom. The molecule has 0 aliphatic carbocycles. The van der Waals surface area contributed by atoms with Gasteiger partial charge in [-0.1, -0.05) is 17.3 Å². The third-order valence-corrected chi connectivity index (χ3v) is 3.56. The normalized spacial score (nSPS) is 10.5. The molecule has 112 valence electrons. The third-order valence-electron chi connectivity index (χ3n) is 2.88. The number of ether oxygens (including phenoxy) is 1. The summed E-state index contributed by atoms with van der Waals surface area (Å²) in [6.07, 6.45) is 0.182. The second-order valence-corrected chi connectivity index (χ2v) is 5.39. The molecule has 0 atom stereocenters. The predicted octanol–water partition coefficient (Wildman–Crippen LogP) is 2.40. The first kappa shape index (κ1) is 14.3. The molecule has 0 aliphatic heterocycles. The van der Waals surface area contributed by atoms with Crippen LogP contribution >= 0.6 is 11.3 Å². The number of hydrogen-bond acceptors (Lipinski definition) is 6. The number of hydrogen-bond donors (Lipinski definition) is 1. The highest BCUT2D eigenvalue weighted by molar-refractivity contribution is 7.08. The Bertz CT molecular complexity index is 768. The number of benzene rings is 1. The van der Waals surface area contributed by atoms with Crippen molar-refractivity contribution >= 4 is 17.2 Å². The molecule has 2 heterocycles. The van der Waals surface area contributed by atoms with Gasteiger partial charge in [-0.15, -0.1) is 0 Å². The zero-order valence-corrected chi connectivity index (χ0v) is 12.4. The predicted molar refractivity (Wildman–Crippen MR) is 81.3 cm³/mol. The molecule has 3 rings (SSSR count). The summed E-state index contributed by atoms with van der Waals surface area (Å²) in [6, 6.07) is 9.10. The molecule has 0 radical (unpaired) electrons. The lowest BCUT2D eigenvalue weighted by Crippen LogP contribution is -2.13. The maximum absolute atomic E-state index is 10.9. The fraction of sp³-hybridized carbons (Fsp3) is 0.133. The second-order valence-electron chi connectivity index (χ2n) is 4.61. The van der Waals surface area contributed by atoms with Gasteiger partial charge in [0.25, 0.3) is 5.89 Å². The van der Waals surface area contributed by atoms with Crippen molar-refractivity contribution < 1.29 is 14.1 Å². The fourth-order valence-electron chi connectivity index (χ4n) is 1.91. The van der Waals surface area contributed by atoms with Crippen molar-refractivity contribution in [1.82, 2.24) is 10.1 Å². The van der Waals surface area contributed by atoms with Crippen LogP contribution in [0, 0.1) is 0 Å². The largest absolute Gasteiger partial charge is 0.485 e. The molecule has 2 aromatic heterocycles. The maximum Gasteiger partial charge on any atom is 0.258 e. The van der Waals surface area contributed by atoms with Crippen LogP contribution in [0.25, 0.3) is 11.5 Å². The van der Waals surface area contributed by atoms with E-state index in [1.54, 1.807) is 29.5 Å². The smallest absolute Gasteiger partial charge is 0.258 e. The Hall–Kier alpha value is -2.67. The molecule has 0 fully saturated rings. The van der Waals surface area contributed by atoms with Crippen molar-refractivity contribution in [2.75, 3.05) is 0 Å². The van der Waals surface area contributed by atoms with E-state index in [-0.39, 0.29) is 18.9 Å². The van der Waals surface area contributed by atoms with Gasteiger partial charge in [-0.3, -0.25) is 4.79 Å². The summed E-state index contributed by atoms with van der Waals surface area (Å²) < 4.78 is 10.8. The summed E-state index contributed by atoms with van der Waals surface area (Å²) in [5.74, 6) is 1.18. The van der Waals surface area contributed by atoms with Crippen molar-refractivity contribution in [3.63, 3.8) is 0 Å². The van der Waals surface area contributed by atoms with E-state index in [1.165, 1.54) is 0 Å². The number of nitrogens with zero attached hydrogens (tertiary/aromatic N) is 2. The number of thiophene rings is 1. The van der Waals surface area contributed by atoms with Crippen LogP contribution in [-0.4, -0.2) is 16.0 Å². The molecule has 0 saturated heterocycles. The second kappa shape index (κ2) is 6.40. The Balaban J connectivity index is 1.64. The summed E-state index contributed by atoms with van der Waals surface area (Å²) >= 11 is 1.56. The Labute approximate surface area is 130 Å². The van der Waals surface area contributed by atoms with Gasteiger partial charge in [-0.05, 0) is 29.1 Å². The first-order chi connectivity index (χ1) is 10.7. The SMILES string of the molecule is NC(=O)Cc1cccc(OCc2noc(-c3ccsc3)n2)c1. The topological polar surface area (TPSA) is 91.2 Å². The molecular weight excluding hydrogens is 302 g/mol. The third kappa shape index (κ3) is 3.50. The maximum atomic E-state index is 10.9. The Morgan fingerprint density at radius 3 is 3.05 bits per heavy atom. The van der Waals surface area contributed by atoms with E-state index in [0.29, 0.717) is 17.5 Å². The lowest BCUT2D eigenvalue weighted by molar-refractivity contribution is -0.117. The number of rotatable bonds is 6. The van der Waals surface area contributed by atoms with Crippen molar-refractivity contribution in [3.8, 4) is 17.2 Å². The van der Waals surface area contributed by atoms with E-state index < -0.39 is 0 Å². The molecule has 3 aromatic rings. The van der Waals surface area contributed by atoms with Gasteiger partial charge < -0.3 is 15.0 Å². The van der Waals surface area contributed by atoms with E-state index in [0.717, 1.165) is 11.1 Å². The van der Waals surface area contributed by atoms with Crippen LogP contribution in [0.15, 0.2) is 45.6 Å². The lowest BCUT2D eigenvalue weighted by atomic mass is 10.1. The molecule has 2 N–H and O–H groups in total. The number of primary amides is 1. The van der Waals surface area contributed by atoms with Crippen LogP contribution in [-0.2, 0) is 17.8 Å². The minimum atomic E-state index is -0.379. The quantitative estimate of drug-likeness (QED) is 0.754. The van der Waals surface area contributed by atoms with Crippen LogP contribution in [0.5, 0.6) is 5.75 Å². The minimum Gasteiger partial charge on any atom is -0.485 e. The highest BCUT2D eigenvalue weighted by Gasteiger charge is 2.09. The Kier molecular flexibility index (Phi) is 4.15. The average molecular weight is 315 g/mol. The van der Waals surface area contributed by atoms with Crippen molar-refractivity contribution in [1.29, 1.82) is 0 Å². The van der Waals surface area contributed by atoms with Crippen molar-refractivity contribution in [3.05, 3.63) is 52.5 Å². The van der Waals surface area contributed by atoms with Gasteiger partial charge in [0.1, 0.15) is 5.75 Å². The average Bonchev–Trinajstić information content (AvgIpc) is 3.16. The number of aromatic nitrogens is 2. The van der Waals surface area contributed by atoms with Crippen LogP contribution in [0.3, 0.4) is 0 Å². The first-order valence-corrected chi connectivity index (χ1v) is 7.50. The summed E-state index contributed by atoms with van der Waals surface area (Å²) in [5.41, 5.74) is 6.88. The van der Waals surface area contributed by atoms with Gasteiger partial charge in [0.15, 0.2) is 6.61 Å². The van der Waals surface area contributed by atoms with Crippen LogP contribution in [0.4, 0.5) is 0 Å². The fourth-order valence-corrected chi connectivity index (χ4v) is 2.54. The van der Waals surface area contributed by atoms with E-state index in [4.69, 9.17) is 15.0 Å². The van der Waals surface area contributed by atoms with E-state index in [1.807, 2.05) is 22.9 Å². The van der Waals surface area contributed by atoms with Crippen LogP contribution < -0.4 is 10.5 Å². The van der Waals surface area contributed by atoms with Crippen LogP contribution in [0.2, 0.25) is 0 Å². The van der Waals surface area contributed by atoms with Gasteiger partial charge >= 0.3 is 0 Å². The molecule has 6 nitrogen and oxygen atoms in total. The van der Waals surface area contributed by atoms with Gasteiger partial charge in [0.05, 0.1) is 12.0 Å². The number of carbonyl (C=O) groups is 1. The summed E-state index contributed by atoms with van der Waals surface area (Å²) in [6.45, 7) is 0.188. The van der Waals surface area contributed by atoms with Crippen molar-refractivity contribution in [2.24, 2.45) is 5.73 Å². The van der Waals surface area contributed by atoms with Gasteiger partial charge in [0.2, 0.25) is 11.7 Å². The number of carbonyl (C=O) groups excluding carboxylic acids is 1. The molecule has 0 aliphatic rings. The lowest BCUT2D eigenvalue weighted by Gasteiger charge is -2.05. The zero-order valence-electron chi connectivity index (χ0n) is 11.6. The molecule has 1 aromatic carbocycles. The molecule has 7 heteroatoms. The summed E-state index contributed by atoms with van der Waals surface area (Å²) in [5, 5.41) is 7.76. The minimum absolute atomic E-state index is 0.182. The van der Waals surface area contributed by atoms with E-state index in [2.05, 4.69) is 10.1 Å². The van der Waals surface area contributed by atoms with E-state index >= 15 is 0 Å². The monoisotopic (exact) mass is 315 g/mol. The van der Waals surface area contributed by atoms with Gasteiger partial charge in [-0.25, -0.2) is 0 Å². The first-order valence-electron chi connectivity index (χ1n) is 6.56. The summed E-state index contributed by atoms with van der Waals surface area (Å²) in [7, 11) is 0. The molecule has 1 amide bonds. The number of amides is 1. The zero-order chi connectivity index (χ0) is 15.4.